The van der Waals surface area contributed by atoms with Gasteiger partial charge in [-0.3, -0.25) is 9.59 Å². The third-order valence-corrected chi connectivity index (χ3v) is 9.16. The lowest BCUT2D eigenvalue weighted by atomic mass is 9.86. The van der Waals surface area contributed by atoms with Crippen LogP contribution >= 0.6 is 11.8 Å². The van der Waals surface area contributed by atoms with Crippen LogP contribution in [0.15, 0.2) is 52.3 Å². The summed E-state index contributed by atoms with van der Waals surface area (Å²) in [6.07, 6.45) is 3.22. The van der Waals surface area contributed by atoms with Crippen molar-refractivity contribution in [1.82, 2.24) is 4.31 Å². The summed E-state index contributed by atoms with van der Waals surface area (Å²) in [5, 5.41) is 2.94. The van der Waals surface area contributed by atoms with Crippen LogP contribution in [0.3, 0.4) is 0 Å². The van der Waals surface area contributed by atoms with Gasteiger partial charge in [-0.25, -0.2) is 8.42 Å². The van der Waals surface area contributed by atoms with Crippen LogP contribution in [-0.4, -0.2) is 50.9 Å². The quantitative estimate of drug-likeness (QED) is 0.650. The van der Waals surface area contributed by atoms with Crippen molar-refractivity contribution in [2.24, 2.45) is 5.92 Å². The molecule has 2 aromatic carbocycles. The maximum absolute atomic E-state index is 13.5. The van der Waals surface area contributed by atoms with Gasteiger partial charge in [0.25, 0.3) is 0 Å². The van der Waals surface area contributed by atoms with E-state index in [9.17, 15) is 18.0 Å². The summed E-state index contributed by atoms with van der Waals surface area (Å²) in [4.78, 5) is 28.3. The van der Waals surface area contributed by atoms with Gasteiger partial charge in [-0.1, -0.05) is 6.07 Å². The molecule has 1 saturated heterocycles. The Morgan fingerprint density at radius 1 is 1.18 bits per heavy atom. The van der Waals surface area contributed by atoms with E-state index in [1.165, 1.54) is 4.31 Å². The Kier molecular flexibility index (Phi) is 6.32. The number of carbonyl (C=O) groups is 2. The van der Waals surface area contributed by atoms with E-state index >= 15 is 0 Å². The molecule has 0 aromatic heterocycles. The van der Waals surface area contributed by atoms with Gasteiger partial charge in [-0.15, -0.1) is 11.8 Å². The molecule has 2 aliphatic rings. The monoisotopic (exact) mass is 487 g/mol. The Morgan fingerprint density at radius 3 is 2.67 bits per heavy atom. The van der Waals surface area contributed by atoms with E-state index in [0.29, 0.717) is 30.6 Å². The highest BCUT2D eigenvalue weighted by Gasteiger charge is 2.43. The summed E-state index contributed by atoms with van der Waals surface area (Å²) in [7, 11) is -2.10. The smallest absolute Gasteiger partial charge is 0.243 e. The molecular weight excluding hydrogens is 458 g/mol. The van der Waals surface area contributed by atoms with Crippen LogP contribution in [-0.2, 0) is 25.0 Å². The summed E-state index contributed by atoms with van der Waals surface area (Å²) < 4.78 is 28.3. The molecule has 9 heteroatoms. The minimum Gasteiger partial charge on any atom is -0.326 e. The van der Waals surface area contributed by atoms with Crippen LogP contribution in [0.5, 0.6) is 0 Å². The zero-order valence-corrected chi connectivity index (χ0v) is 20.9. The van der Waals surface area contributed by atoms with Gasteiger partial charge < -0.3 is 10.2 Å². The molecule has 7 nitrogen and oxygen atoms in total. The fourth-order valence-corrected chi connectivity index (χ4v) is 6.59. The fourth-order valence-electron chi connectivity index (χ4n) is 4.58. The Bertz CT molecular complexity index is 1210. The summed E-state index contributed by atoms with van der Waals surface area (Å²) in [6.45, 7) is 4.12. The molecule has 176 valence electrons. The summed E-state index contributed by atoms with van der Waals surface area (Å²) >= 11 is 1.59. The number of amides is 2. The number of hydrogen-bond donors (Lipinski definition) is 1. The normalized spacial score (nSPS) is 20.5. The topological polar surface area (TPSA) is 86.8 Å². The Morgan fingerprint density at radius 2 is 1.94 bits per heavy atom. The average Bonchev–Trinajstić information content (AvgIpc) is 2.99. The predicted molar refractivity (Wildman–Crippen MR) is 131 cm³/mol. The van der Waals surface area contributed by atoms with E-state index in [4.69, 9.17) is 0 Å². The van der Waals surface area contributed by atoms with E-state index < -0.39 is 21.4 Å². The molecule has 2 heterocycles. The Balaban J connectivity index is 1.54. The van der Waals surface area contributed by atoms with Crippen molar-refractivity contribution in [2.45, 2.75) is 41.9 Å². The Hall–Kier alpha value is -2.36. The minimum absolute atomic E-state index is 0.0627. The summed E-state index contributed by atoms with van der Waals surface area (Å²) in [5.41, 5.74) is 1.36. The maximum atomic E-state index is 13.5. The van der Waals surface area contributed by atoms with Crippen molar-refractivity contribution < 1.29 is 18.0 Å². The van der Waals surface area contributed by atoms with Gasteiger partial charge >= 0.3 is 0 Å². The van der Waals surface area contributed by atoms with Crippen molar-refractivity contribution >= 4 is 45.0 Å². The molecule has 0 aliphatic carbocycles. The number of hydrogen-bond acceptors (Lipinski definition) is 5. The lowest BCUT2D eigenvalue weighted by Gasteiger charge is -2.31. The van der Waals surface area contributed by atoms with Gasteiger partial charge in [0.1, 0.15) is 0 Å². The molecule has 0 spiro atoms. The first-order valence-corrected chi connectivity index (χ1v) is 13.6. The van der Waals surface area contributed by atoms with Crippen LogP contribution in [0.2, 0.25) is 0 Å². The lowest BCUT2D eigenvalue weighted by Crippen LogP contribution is -2.43. The molecule has 2 aromatic rings. The number of thioether (sulfide) groups is 1. The van der Waals surface area contributed by atoms with Crippen molar-refractivity contribution in [1.29, 1.82) is 0 Å². The van der Waals surface area contributed by atoms with Crippen LogP contribution in [0.4, 0.5) is 11.4 Å². The minimum atomic E-state index is -3.80. The van der Waals surface area contributed by atoms with Gasteiger partial charge in [0.05, 0.1) is 16.2 Å². The molecule has 0 bridgehead atoms. The molecule has 0 unspecified atom stereocenters. The third-order valence-electron chi connectivity index (χ3n) is 6.57. The molecule has 1 fully saturated rings. The first kappa shape index (κ1) is 23.8. The van der Waals surface area contributed by atoms with E-state index in [1.54, 1.807) is 55.8 Å². The van der Waals surface area contributed by atoms with E-state index in [0.717, 1.165) is 10.6 Å². The maximum Gasteiger partial charge on any atom is 0.243 e. The lowest BCUT2D eigenvalue weighted by molar-refractivity contribution is -0.122. The van der Waals surface area contributed by atoms with Crippen molar-refractivity contribution in [3.8, 4) is 0 Å². The highest BCUT2D eigenvalue weighted by atomic mass is 32.2. The zero-order valence-electron chi connectivity index (χ0n) is 19.3. The van der Waals surface area contributed by atoms with Crippen LogP contribution in [0.1, 0.15) is 32.3 Å². The van der Waals surface area contributed by atoms with Crippen LogP contribution in [0.25, 0.3) is 0 Å². The summed E-state index contributed by atoms with van der Waals surface area (Å²) in [5.74, 6) is -0.659. The molecular formula is C24H29N3O4S2. The van der Waals surface area contributed by atoms with Gasteiger partial charge in [-0.2, -0.15) is 4.31 Å². The molecule has 2 amide bonds. The van der Waals surface area contributed by atoms with Gasteiger partial charge in [0.15, 0.2) is 0 Å². The largest absolute Gasteiger partial charge is 0.326 e. The number of rotatable bonds is 5. The van der Waals surface area contributed by atoms with Gasteiger partial charge in [0, 0.05) is 36.4 Å². The van der Waals surface area contributed by atoms with Crippen molar-refractivity contribution in [3.05, 3.63) is 48.0 Å². The van der Waals surface area contributed by atoms with E-state index in [1.807, 2.05) is 30.5 Å². The van der Waals surface area contributed by atoms with Gasteiger partial charge in [-0.05, 0) is 74.9 Å². The molecule has 1 N–H and O–H groups in total. The highest BCUT2D eigenvalue weighted by Crippen LogP contribution is 2.42. The first-order valence-electron chi connectivity index (χ1n) is 10.9. The molecule has 4 rings (SSSR count). The number of nitrogens with zero attached hydrogens (tertiary/aromatic N) is 2. The number of likely N-dealkylation sites (N-methyl/N-ethyl adjacent to an activating group) is 1. The second kappa shape index (κ2) is 8.77. The number of sulfonamides is 1. The second-order valence-electron chi connectivity index (χ2n) is 9.09. The molecule has 0 radical (unpaired) electrons. The standard InChI is InChI=1S/C24H29N3O4S2/c1-24(2)20-14-19(10-11-21(20)26(3)23(24)29)33(30,31)27-12-6-7-16(15-27)22(28)25-17-8-5-9-18(13-17)32-4/h5,8-11,13-14,16H,6-7,12,15H2,1-4H3,(H,25,28)/t16-/m0/s1. The number of piperidine rings is 1. The first-order chi connectivity index (χ1) is 15.6. The SMILES string of the molecule is CSc1cccc(NC(=O)[C@H]2CCCN(S(=O)(=O)c3ccc4c(c3)C(C)(C)C(=O)N4C)C2)c1. The third kappa shape index (κ3) is 4.29. The number of fused-ring (bicyclic) bond motifs is 1. The second-order valence-corrected chi connectivity index (χ2v) is 11.9. The molecule has 1 atom stereocenters. The van der Waals surface area contributed by atoms with Crippen LogP contribution in [0, 0.1) is 5.92 Å². The molecule has 2 aliphatic heterocycles. The number of benzene rings is 2. The number of nitrogens with one attached hydrogen (secondary N) is 1. The Labute approximate surface area is 199 Å². The number of anilines is 2. The van der Waals surface area contributed by atoms with Crippen LogP contribution < -0.4 is 10.2 Å². The van der Waals surface area contributed by atoms with Crippen molar-refractivity contribution in [3.63, 3.8) is 0 Å². The predicted octanol–water partition coefficient (Wildman–Crippen LogP) is 3.70. The van der Waals surface area contributed by atoms with Crippen molar-refractivity contribution in [2.75, 3.05) is 36.6 Å². The zero-order chi connectivity index (χ0) is 24.0. The van der Waals surface area contributed by atoms with E-state index in [-0.39, 0.29) is 23.3 Å². The van der Waals surface area contributed by atoms with E-state index in [2.05, 4.69) is 5.32 Å². The van der Waals surface area contributed by atoms with Gasteiger partial charge in [0.2, 0.25) is 21.8 Å². The number of carbonyl (C=O) groups excluding carboxylic acids is 2. The molecule has 0 saturated carbocycles. The summed E-state index contributed by atoms with van der Waals surface area (Å²) in [6, 6.07) is 12.5. The fraction of sp³-hybridized carbons (Fsp3) is 0.417. The molecule has 33 heavy (non-hydrogen) atoms. The average molecular weight is 488 g/mol. The highest BCUT2D eigenvalue weighted by molar-refractivity contribution is 7.98.